The summed E-state index contributed by atoms with van der Waals surface area (Å²) in [5, 5.41) is 4.71. The van der Waals surface area contributed by atoms with Crippen molar-refractivity contribution in [2.45, 2.75) is 38.8 Å². The Morgan fingerprint density at radius 3 is 2.56 bits per heavy atom. The zero-order valence-corrected chi connectivity index (χ0v) is 12.7. The van der Waals surface area contributed by atoms with Crippen LogP contribution in [-0.2, 0) is 4.74 Å². The molecule has 1 aromatic rings. The van der Waals surface area contributed by atoms with Crippen molar-refractivity contribution in [3.63, 3.8) is 0 Å². The van der Waals surface area contributed by atoms with E-state index in [2.05, 4.69) is 19.2 Å². The molecule has 0 spiro atoms. The van der Waals surface area contributed by atoms with Crippen LogP contribution >= 0.6 is 23.2 Å². The molecule has 0 aliphatic rings. The summed E-state index contributed by atoms with van der Waals surface area (Å²) in [6.07, 6.45) is 2.21. The number of hydrogen-bond donors (Lipinski definition) is 1. The van der Waals surface area contributed by atoms with E-state index in [0.717, 1.165) is 24.9 Å². The second-order valence-electron chi connectivity index (χ2n) is 4.46. The molecule has 0 heterocycles. The molecule has 18 heavy (non-hydrogen) atoms. The van der Waals surface area contributed by atoms with Gasteiger partial charge >= 0.3 is 0 Å². The summed E-state index contributed by atoms with van der Waals surface area (Å²) in [4.78, 5) is 0. The van der Waals surface area contributed by atoms with Gasteiger partial charge in [0.25, 0.3) is 0 Å². The number of methoxy groups -OCH3 is 1. The van der Waals surface area contributed by atoms with Gasteiger partial charge in [0.1, 0.15) is 0 Å². The lowest BCUT2D eigenvalue weighted by Gasteiger charge is -2.22. The highest BCUT2D eigenvalue weighted by atomic mass is 35.5. The third-order valence-corrected chi connectivity index (χ3v) is 3.70. The third kappa shape index (κ3) is 4.77. The maximum Gasteiger partial charge on any atom is 0.0595 e. The zero-order valence-electron chi connectivity index (χ0n) is 11.2. The van der Waals surface area contributed by atoms with Gasteiger partial charge in [0.05, 0.1) is 16.1 Å². The van der Waals surface area contributed by atoms with Gasteiger partial charge in [0, 0.05) is 13.2 Å². The quantitative estimate of drug-likeness (QED) is 0.800. The van der Waals surface area contributed by atoms with Crippen molar-refractivity contribution in [1.29, 1.82) is 0 Å². The average Bonchev–Trinajstić information content (AvgIpc) is 2.37. The molecule has 0 radical (unpaired) electrons. The molecule has 102 valence electrons. The van der Waals surface area contributed by atoms with E-state index in [1.165, 1.54) is 0 Å². The molecule has 0 aliphatic heterocycles. The van der Waals surface area contributed by atoms with Gasteiger partial charge in [-0.3, -0.25) is 0 Å². The lowest BCUT2D eigenvalue weighted by molar-refractivity contribution is 0.100. The summed E-state index contributed by atoms with van der Waals surface area (Å²) in [7, 11) is 1.73. The van der Waals surface area contributed by atoms with E-state index in [4.69, 9.17) is 27.9 Å². The molecule has 1 N–H and O–H groups in total. The third-order valence-electron chi connectivity index (χ3n) is 2.96. The first-order chi connectivity index (χ1) is 8.58. The summed E-state index contributed by atoms with van der Waals surface area (Å²) in [5.74, 6) is 0. The molecule has 2 atom stereocenters. The molecule has 2 unspecified atom stereocenters. The Bertz CT molecular complexity index is 371. The van der Waals surface area contributed by atoms with Gasteiger partial charge in [0.2, 0.25) is 0 Å². The smallest absolute Gasteiger partial charge is 0.0595 e. The van der Waals surface area contributed by atoms with E-state index in [1.807, 2.05) is 18.2 Å². The van der Waals surface area contributed by atoms with Crippen molar-refractivity contribution in [3.05, 3.63) is 33.8 Å². The van der Waals surface area contributed by atoms with Crippen LogP contribution in [0.15, 0.2) is 18.2 Å². The molecule has 0 bridgehead atoms. The van der Waals surface area contributed by atoms with Crippen LogP contribution in [0.1, 0.15) is 38.3 Å². The number of nitrogens with one attached hydrogen (secondary N) is 1. The summed E-state index contributed by atoms with van der Waals surface area (Å²) in [6, 6.07) is 6.04. The average molecular weight is 290 g/mol. The van der Waals surface area contributed by atoms with Gasteiger partial charge in [-0.25, -0.2) is 0 Å². The van der Waals surface area contributed by atoms with Crippen LogP contribution in [0, 0.1) is 0 Å². The van der Waals surface area contributed by atoms with E-state index >= 15 is 0 Å². The van der Waals surface area contributed by atoms with E-state index in [9.17, 15) is 0 Å². The van der Waals surface area contributed by atoms with E-state index in [-0.39, 0.29) is 12.1 Å². The molecule has 0 aromatic heterocycles. The molecule has 2 nitrogen and oxygen atoms in total. The van der Waals surface area contributed by atoms with Crippen LogP contribution in [0.2, 0.25) is 10.0 Å². The van der Waals surface area contributed by atoms with Gasteiger partial charge in [-0.05, 0) is 44.0 Å². The van der Waals surface area contributed by atoms with Crippen molar-refractivity contribution >= 4 is 23.2 Å². The number of benzene rings is 1. The van der Waals surface area contributed by atoms with Gasteiger partial charge in [-0.15, -0.1) is 0 Å². The number of ether oxygens (including phenoxy) is 1. The second kappa shape index (κ2) is 8.00. The lowest BCUT2D eigenvalue weighted by atomic mass is 10.0. The van der Waals surface area contributed by atoms with Crippen LogP contribution in [0.4, 0.5) is 0 Å². The van der Waals surface area contributed by atoms with Crippen LogP contribution < -0.4 is 5.32 Å². The Labute approximate surface area is 120 Å². The summed E-state index contributed by atoms with van der Waals surface area (Å²) >= 11 is 12.0. The Hall–Kier alpha value is -0.280. The monoisotopic (exact) mass is 289 g/mol. The predicted molar refractivity (Wildman–Crippen MR) is 78.6 cm³/mol. The van der Waals surface area contributed by atoms with Gasteiger partial charge in [0.15, 0.2) is 0 Å². The van der Waals surface area contributed by atoms with Crippen molar-refractivity contribution in [3.8, 4) is 0 Å². The van der Waals surface area contributed by atoms with Crippen LogP contribution in [0.3, 0.4) is 0 Å². The van der Waals surface area contributed by atoms with E-state index in [1.54, 1.807) is 7.11 Å². The second-order valence-corrected chi connectivity index (χ2v) is 5.28. The summed E-state index contributed by atoms with van der Waals surface area (Å²) in [6.45, 7) is 5.19. The fourth-order valence-corrected chi connectivity index (χ4v) is 2.12. The highest BCUT2D eigenvalue weighted by molar-refractivity contribution is 6.42. The largest absolute Gasteiger partial charge is 0.382 e. The minimum absolute atomic E-state index is 0.203. The molecular weight excluding hydrogens is 269 g/mol. The Morgan fingerprint density at radius 2 is 2.00 bits per heavy atom. The highest BCUT2D eigenvalue weighted by Crippen LogP contribution is 2.27. The SMILES string of the molecule is CCCNC(CC(C)OC)c1ccc(Cl)c(Cl)c1. The van der Waals surface area contributed by atoms with Gasteiger partial charge < -0.3 is 10.1 Å². The molecule has 0 amide bonds. The fourth-order valence-electron chi connectivity index (χ4n) is 1.81. The van der Waals surface area contributed by atoms with Crippen LogP contribution in [0.25, 0.3) is 0 Å². The van der Waals surface area contributed by atoms with Crippen molar-refractivity contribution in [2.24, 2.45) is 0 Å². The van der Waals surface area contributed by atoms with Crippen molar-refractivity contribution in [1.82, 2.24) is 5.32 Å². The molecule has 4 heteroatoms. The van der Waals surface area contributed by atoms with Gasteiger partial charge in [-0.2, -0.15) is 0 Å². The molecule has 0 aliphatic carbocycles. The van der Waals surface area contributed by atoms with Gasteiger partial charge in [-0.1, -0.05) is 36.2 Å². The first-order valence-electron chi connectivity index (χ1n) is 6.29. The highest BCUT2D eigenvalue weighted by Gasteiger charge is 2.15. The standard InChI is InChI=1S/C14H21Cl2NO/c1-4-7-17-14(8-10(2)18-3)11-5-6-12(15)13(16)9-11/h5-6,9-10,14,17H,4,7-8H2,1-3H3. The van der Waals surface area contributed by atoms with E-state index in [0.29, 0.717) is 10.0 Å². The van der Waals surface area contributed by atoms with E-state index < -0.39 is 0 Å². The van der Waals surface area contributed by atoms with Crippen LogP contribution in [0.5, 0.6) is 0 Å². The fraction of sp³-hybridized carbons (Fsp3) is 0.571. The molecule has 0 saturated heterocycles. The first-order valence-corrected chi connectivity index (χ1v) is 7.05. The van der Waals surface area contributed by atoms with Crippen molar-refractivity contribution in [2.75, 3.05) is 13.7 Å². The molecule has 0 saturated carbocycles. The summed E-state index contributed by atoms with van der Waals surface area (Å²) in [5.41, 5.74) is 1.15. The molecule has 0 fully saturated rings. The lowest BCUT2D eigenvalue weighted by Crippen LogP contribution is -2.26. The first kappa shape index (κ1) is 15.8. The summed E-state index contributed by atoms with van der Waals surface area (Å²) < 4.78 is 5.34. The molecule has 1 aromatic carbocycles. The Balaban J connectivity index is 2.82. The predicted octanol–water partition coefficient (Wildman–Crippen LogP) is 4.46. The Morgan fingerprint density at radius 1 is 1.28 bits per heavy atom. The maximum absolute atomic E-state index is 6.07. The number of hydrogen-bond acceptors (Lipinski definition) is 2. The molecule has 1 rings (SSSR count). The topological polar surface area (TPSA) is 21.3 Å². The minimum atomic E-state index is 0.203. The van der Waals surface area contributed by atoms with Crippen LogP contribution in [-0.4, -0.2) is 19.8 Å². The maximum atomic E-state index is 6.07. The minimum Gasteiger partial charge on any atom is -0.382 e. The Kier molecular flexibility index (Phi) is 7.02. The number of halogens is 2. The molecular formula is C14H21Cl2NO. The van der Waals surface area contributed by atoms with Crippen molar-refractivity contribution < 1.29 is 4.74 Å². The number of rotatable bonds is 7. The zero-order chi connectivity index (χ0) is 13.5. The normalized spacial score (nSPS) is 14.5.